The minimum Gasteiger partial charge on any atom is -0.326 e. The molecule has 1 atom stereocenters. The van der Waals surface area contributed by atoms with E-state index < -0.39 is 10.0 Å². The molecule has 0 radical (unpaired) electrons. The normalized spacial score (nSPS) is 21.6. The van der Waals surface area contributed by atoms with Gasteiger partial charge in [-0.05, 0) is 69.0 Å². The number of halogens is 1. The molecule has 2 aliphatic heterocycles. The summed E-state index contributed by atoms with van der Waals surface area (Å²) in [5, 5.41) is 5.99. The topological polar surface area (TPSA) is 78.5 Å². The summed E-state index contributed by atoms with van der Waals surface area (Å²) in [6.45, 7) is 1.98. The molecule has 0 bridgehead atoms. The highest BCUT2D eigenvalue weighted by molar-refractivity contribution is 7.89. The highest BCUT2D eigenvalue weighted by Gasteiger charge is 2.30. The standard InChI is InChI=1S/C17H25N3O3S.ClH/c1-18-11-13-4-3-9-20(12-13)24(22,23)15-7-8-16-14(10-15)5-2-6-17(21)19-16;/h7-8,10,13,18H,2-6,9,11-12H2,1H3,(H,19,21);1H. The summed E-state index contributed by atoms with van der Waals surface area (Å²) in [5.41, 5.74) is 1.65. The van der Waals surface area contributed by atoms with E-state index in [1.807, 2.05) is 7.05 Å². The monoisotopic (exact) mass is 387 g/mol. The van der Waals surface area contributed by atoms with Crippen LogP contribution in [-0.4, -0.2) is 45.3 Å². The molecule has 1 amide bonds. The van der Waals surface area contributed by atoms with Crippen molar-refractivity contribution in [2.75, 3.05) is 32.0 Å². The van der Waals surface area contributed by atoms with Gasteiger partial charge in [0, 0.05) is 25.2 Å². The van der Waals surface area contributed by atoms with Gasteiger partial charge in [0.2, 0.25) is 15.9 Å². The van der Waals surface area contributed by atoms with Gasteiger partial charge in [0.25, 0.3) is 0 Å². The minimum absolute atomic E-state index is 0. The molecule has 1 unspecified atom stereocenters. The van der Waals surface area contributed by atoms with E-state index in [0.29, 0.717) is 30.3 Å². The van der Waals surface area contributed by atoms with Crippen molar-refractivity contribution < 1.29 is 13.2 Å². The molecule has 25 heavy (non-hydrogen) atoms. The number of carbonyl (C=O) groups excluding carboxylic acids is 1. The molecule has 2 aliphatic rings. The van der Waals surface area contributed by atoms with Gasteiger partial charge in [-0.25, -0.2) is 8.42 Å². The van der Waals surface area contributed by atoms with Crippen LogP contribution in [-0.2, 0) is 21.2 Å². The molecule has 2 N–H and O–H groups in total. The summed E-state index contributed by atoms with van der Waals surface area (Å²) in [6.07, 6.45) is 3.90. The van der Waals surface area contributed by atoms with Gasteiger partial charge in [-0.1, -0.05) is 0 Å². The molecule has 1 fully saturated rings. The summed E-state index contributed by atoms with van der Waals surface area (Å²) in [6, 6.07) is 5.07. The third kappa shape index (κ3) is 4.53. The van der Waals surface area contributed by atoms with E-state index in [1.54, 1.807) is 22.5 Å². The lowest BCUT2D eigenvalue weighted by molar-refractivity contribution is -0.116. The first kappa shape index (κ1) is 20.2. The Labute approximate surface area is 155 Å². The average molecular weight is 388 g/mol. The molecule has 2 heterocycles. The van der Waals surface area contributed by atoms with Gasteiger partial charge in [-0.2, -0.15) is 4.31 Å². The van der Waals surface area contributed by atoms with Crippen LogP contribution in [0.1, 0.15) is 31.2 Å². The number of rotatable bonds is 4. The van der Waals surface area contributed by atoms with Crippen LogP contribution in [0.5, 0.6) is 0 Å². The van der Waals surface area contributed by atoms with Crippen molar-refractivity contribution in [2.24, 2.45) is 5.92 Å². The van der Waals surface area contributed by atoms with E-state index in [1.165, 1.54) is 0 Å². The second-order valence-corrected chi connectivity index (χ2v) is 8.59. The van der Waals surface area contributed by atoms with Crippen LogP contribution in [0.4, 0.5) is 5.69 Å². The molecule has 8 heteroatoms. The fraction of sp³-hybridized carbons (Fsp3) is 0.588. The number of amides is 1. The van der Waals surface area contributed by atoms with Gasteiger partial charge in [-0.3, -0.25) is 4.79 Å². The van der Waals surface area contributed by atoms with Crippen LogP contribution in [0.3, 0.4) is 0 Å². The lowest BCUT2D eigenvalue weighted by atomic mass is 10.00. The van der Waals surface area contributed by atoms with E-state index in [9.17, 15) is 13.2 Å². The van der Waals surface area contributed by atoms with Crippen molar-refractivity contribution in [3.8, 4) is 0 Å². The third-order valence-electron chi connectivity index (χ3n) is 4.81. The number of anilines is 1. The number of piperidine rings is 1. The lowest BCUT2D eigenvalue weighted by Gasteiger charge is -2.32. The van der Waals surface area contributed by atoms with Gasteiger partial charge in [0.15, 0.2) is 0 Å². The Morgan fingerprint density at radius 2 is 2.08 bits per heavy atom. The van der Waals surface area contributed by atoms with Crippen LogP contribution in [0, 0.1) is 5.92 Å². The number of benzene rings is 1. The number of sulfonamides is 1. The van der Waals surface area contributed by atoms with Gasteiger partial charge < -0.3 is 10.6 Å². The summed E-state index contributed by atoms with van der Waals surface area (Å²) < 4.78 is 27.6. The maximum absolute atomic E-state index is 13.0. The van der Waals surface area contributed by atoms with Crippen LogP contribution in [0.15, 0.2) is 23.1 Å². The third-order valence-corrected chi connectivity index (χ3v) is 6.67. The molecular weight excluding hydrogens is 362 g/mol. The van der Waals surface area contributed by atoms with Gasteiger partial charge >= 0.3 is 0 Å². The molecule has 1 saturated heterocycles. The molecule has 0 aromatic heterocycles. The first-order valence-electron chi connectivity index (χ1n) is 8.58. The Balaban J connectivity index is 0.00000225. The molecule has 0 aliphatic carbocycles. The van der Waals surface area contributed by atoms with Crippen LogP contribution in [0.2, 0.25) is 0 Å². The summed E-state index contributed by atoms with van der Waals surface area (Å²) in [4.78, 5) is 12.0. The number of carbonyl (C=O) groups is 1. The summed E-state index contributed by atoms with van der Waals surface area (Å²) in [5.74, 6) is 0.355. The Morgan fingerprint density at radius 3 is 2.84 bits per heavy atom. The molecule has 140 valence electrons. The largest absolute Gasteiger partial charge is 0.326 e. The lowest BCUT2D eigenvalue weighted by Crippen LogP contribution is -2.42. The van der Waals surface area contributed by atoms with Gasteiger partial charge in [-0.15, -0.1) is 12.4 Å². The van der Waals surface area contributed by atoms with E-state index in [-0.39, 0.29) is 18.3 Å². The van der Waals surface area contributed by atoms with E-state index in [4.69, 9.17) is 0 Å². The molecule has 0 spiro atoms. The van der Waals surface area contributed by atoms with Crippen molar-refractivity contribution in [1.82, 2.24) is 9.62 Å². The van der Waals surface area contributed by atoms with E-state index in [2.05, 4.69) is 10.6 Å². The predicted octanol–water partition coefficient (Wildman–Crippen LogP) is 2.00. The highest BCUT2D eigenvalue weighted by atomic mass is 35.5. The molecule has 1 aromatic carbocycles. The first-order chi connectivity index (χ1) is 11.5. The zero-order chi connectivity index (χ0) is 17.2. The Morgan fingerprint density at radius 1 is 1.28 bits per heavy atom. The van der Waals surface area contributed by atoms with Crippen LogP contribution < -0.4 is 10.6 Å². The van der Waals surface area contributed by atoms with Crippen molar-refractivity contribution in [3.63, 3.8) is 0 Å². The van der Waals surface area contributed by atoms with Gasteiger partial charge in [0.05, 0.1) is 4.90 Å². The number of nitrogens with zero attached hydrogens (tertiary/aromatic N) is 1. The number of aryl methyl sites for hydroxylation is 1. The SMILES string of the molecule is CNCC1CCCN(S(=O)(=O)c2ccc3c(c2)CCCC(=O)N3)C1.Cl. The fourth-order valence-electron chi connectivity index (χ4n) is 3.56. The van der Waals surface area contributed by atoms with Crippen LogP contribution >= 0.6 is 12.4 Å². The zero-order valence-corrected chi connectivity index (χ0v) is 16.1. The number of hydrogen-bond acceptors (Lipinski definition) is 4. The molecule has 6 nitrogen and oxygen atoms in total. The second kappa shape index (κ2) is 8.49. The Kier molecular flexibility index (Phi) is 6.85. The number of fused-ring (bicyclic) bond motifs is 1. The zero-order valence-electron chi connectivity index (χ0n) is 14.5. The van der Waals surface area contributed by atoms with Crippen LogP contribution in [0.25, 0.3) is 0 Å². The quantitative estimate of drug-likeness (QED) is 0.828. The van der Waals surface area contributed by atoms with Crippen molar-refractivity contribution in [3.05, 3.63) is 23.8 Å². The smallest absolute Gasteiger partial charge is 0.243 e. The van der Waals surface area contributed by atoms with Gasteiger partial charge in [0.1, 0.15) is 0 Å². The Bertz CT molecular complexity index is 722. The Hall–Kier alpha value is -1.15. The number of hydrogen-bond donors (Lipinski definition) is 2. The number of nitrogens with one attached hydrogen (secondary N) is 2. The van der Waals surface area contributed by atoms with Crippen molar-refractivity contribution >= 4 is 34.0 Å². The molecule has 3 rings (SSSR count). The first-order valence-corrected chi connectivity index (χ1v) is 10.0. The second-order valence-electron chi connectivity index (χ2n) is 6.65. The summed E-state index contributed by atoms with van der Waals surface area (Å²) in [7, 11) is -1.58. The predicted molar refractivity (Wildman–Crippen MR) is 101 cm³/mol. The molecule has 0 saturated carbocycles. The van der Waals surface area contributed by atoms with E-state index >= 15 is 0 Å². The molecular formula is C17H26ClN3O3S. The van der Waals surface area contributed by atoms with Crippen molar-refractivity contribution in [2.45, 2.75) is 37.0 Å². The molecule has 1 aromatic rings. The maximum Gasteiger partial charge on any atom is 0.243 e. The van der Waals surface area contributed by atoms with E-state index in [0.717, 1.165) is 43.5 Å². The fourth-order valence-corrected chi connectivity index (χ4v) is 5.17. The van der Waals surface area contributed by atoms with Crippen molar-refractivity contribution in [1.29, 1.82) is 0 Å². The highest BCUT2D eigenvalue weighted by Crippen LogP contribution is 2.28. The maximum atomic E-state index is 13.0. The average Bonchev–Trinajstić information content (AvgIpc) is 2.75. The minimum atomic E-state index is -3.48. The summed E-state index contributed by atoms with van der Waals surface area (Å²) >= 11 is 0.